The van der Waals surface area contributed by atoms with Crippen molar-refractivity contribution in [2.75, 3.05) is 18.9 Å². The van der Waals surface area contributed by atoms with Gasteiger partial charge in [-0.1, -0.05) is 23.8 Å². The number of rotatable bonds is 4. The number of amides is 2. The summed E-state index contributed by atoms with van der Waals surface area (Å²) in [7, 11) is 1.68. The number of thiocarbonyl (C=S) groups is 1. The van der Waals surface area contributed by atoms with Crippen LogP contribution in [0.15, 0.2) is 24.3 Å². The van der Waals surface area contributed by atoms with Crippen LogP contribution in [0.1, 0.15) is 6.42 Å². The first-order valence-corrected chi connectivity index (χ1v) is 5.83. The Balaban J connectivity index is 2.48. The Bertz CT molecular complexity index is 408. The van der Waals surface area contributed by atoms with Crippen molar-refractivity contribution >= 4 is 40.5 Å². The molecule has 6 heteroatoms. The van der Waals surface area contributed by atoms with Gasteiger partial charge in [-0.15, -0.1) is 0 Å². The maximum atomic E-state index is 11.7. The number of hydrogen-bond donors (Lipinski definition) is 2. The van der Waals surface area contributed by atoms with E-state index in [2.05, 4.69) is 5.32 Å². The summed E-state index contributed by atoms with van der Waals surface area (Å²) in [5.41, 5.74) is 6.06. The van der Waals surface area contributed by atoms with Crippen LogP contribution in [0.2, 0.25) is 5.02 Å². The predicted octanol–water partition coefficient (Wildman–Crippen LogP) is 2.48. The number of benzene rings is 1. The minimum Gasteiger partial charge on any atom is -0.393 e. The molecule has 0 atom stereocenters. The summed E-state index contributed by atoms with van der Waals surface area (Å²) in [5.74, 6) is 0. The van der Waals surface area contributed by atoms with E-state index >= 15 is 0 Å². The minimum atomic E-state index is -0.205. The molecule has 2 amide bonds. The van der Waals surface area contributed by atoms with Crippen molar-refractivity contribution in [3.8, 4) is 0 Å². The zero-order valence-corrected chi connectivity index (χ0v) is 11.0. The number of nitrogens with two attached hydrogens (primary N) is 1. The summed E-state index contributed by atoms with van der Waals surface area (Å²) in [4.78, 5) is 13.6. The van der Waals surface area contributed by atoms with Gasteiger partial charge in [0, 0.05) is 30.7 Å². The van der Waals surface area contributed by atoms with Gasteiger partial charge in [0.05, 0.1) is 4.99 Å². The molecule has 0 fully saturated rings. The van der Waals surface area contributed by atoms with E-state index in [1.54, 1.807) is 31.3 Å². The van der Waals surface area contributed by atoms with Crippen LogP contribution in [-0.4, -0.2) is 29.5 Å². The van der Waals surface area contributed by atoms with E-state index in [0.717, 1.165) is 0 Å². The lowest BCUT2D eigenvalue weighted by Gasteiger charge is -2.17. The number of nitrogens with zero attached hydrogens (tertiary/aromatic N) is 1. The van der Waals surface area contributed by atoms with E-state index < -0.39 is 0 Å². The molecule has 0 spiro atoms. The Morgan fingerprint density at radius 3 is 2.59 bits per heavy atom. The quantitative estimate of drug-likeness (QED) is 0.827. The maximum Gasteiger partial charge on any atom is 0.321 e. The summed E-state index contributed by atoms with van der Waals surface area (Å²) in [5, 5.41) is 3.37. The van der Waals surface area contributed by atoms with E-state index in [4.69, 9.17) is 29.6 Å². The molecule has 1 rings (SSSR count). The molecule has 0 saturated carbocycles. The lowest BCUT2D eigenvalue weighted by atomic mass is 10.3. The topological polar surface area (TPSA) is 58.4 Å². The molecule has 17 heavy (non-hydrogen) atoms. The van der Waals surface area contributed by atoms with Crippen LogP contribution in [0.4, 0.5) is 10.5 Å². The summed E-state index contributed by atoms with van der Waals surface area (Å²) < 4.78 is 0. The normalized spacial score (nSPS) is 9.76. The molecule has 0 heterocycles. The number of hydrogen-bond acceptors (Lipinski definition) is 2. The van der Waals surface area contributed by atoms with Crippen LogP contribution in [0.25, 0.3) is 0 Å². The Morgan fingerprint density at radius 2 is 2.06 bits per heavy atom. The van der Waals surface area contributed by atoms with Gasteiger partial charge in [0.1, 0.15) is 0 Å². The van der Waals surface area contributed by atoms with Crippen LogP contribution in [0, 0.1) is 0 Å². The second kappa shape index (κ2) is 6.42. The van der Waals surface area contributed by atoms with Crippen molar-refractivity contribution in [2.45, 2.75) is 6.42 Å². The molecule has 1 aromatic carbocycles. The molecule has 3 N–H and O–H groups in total. The van der Waals surface area contributed by atoms with Crippen molar-refractivity contribution in [2.24, 2.45) is 5.73 Å². The van der Waals surface area contributed by atoms with E-state index in [1.807, 2.05) is 0 Å². The molecule has 4 nitrogen and oxygen atoms in total. The van der Waals surface area contributed by atoms with Gasteiger partial charge in [-0.3, -0.25) is 0 Å². The van der Waals surface area contributed by atoms with E-state index in [1.165, 1.54) is 4.90 Å². The maximum absolute atomic E-state index is 11.7. The van der Waals surface area contributed by atoms with E-state index in [-0.39, 0.29) is 6.03 Å². The van der Waals surface area contributed by atoms with Crippen molar-refractivity contribution in [3.05, 3.63) is 29.3 Å². The number of halogens is 1. The van der Waals surface area contributed by atoms with Crippen molar-refractivity contribution < 1.29 is 4.79 Å². The molecule has 0 aliphatic carbocycles. The van der Waals surface area contributed by atoms with Gasteiger partial charge in [-0.25, -0.2) is 4.79 Å². The summed E-state index contributed by atoms with van der Waals surface area (Å²) >= 11 is 10.5. The third kappa shape index (κ3) is 5.01. The Kier molecular flexibility index (Phi) is 5.18. The fourth-order valence-corrected chi connectivity index (χ4v) is 1.35. The molecule has 0 aromatic heterocycles. The van der Waals surface area contributed by atoms with Crippen molar-refractivity contribution in [1.29, 1.82) is 0 Å². The lowest BCUT2D eigenvalue weighted by molar-refractivity contribution is 0.223. The van der Waals surface area contributed by atoms with E-state index in [9.17, 15) is 4.79 Å². The highest BCUT2D eigenvalue weighted by molar-refractivity contribution is 7.80. The average Bonchev–Trinajstić information content (AvgIpc) is 2.28. The summed E-state index contributed by atoms with van der Waals surface area (Å²) in [6.45, 7) is 0.495. The van der Waals surface area contributed by atoms with Gasteiger partial charge in [0.15, 0.2) is 0 Å². The van der Waals surface area contributed by atoms with Gasteiger partial charge in [-0.2, -0.15) is 0 Å². The SMILES string of the molecule is CN(CCC(N)=S)C(=O)Nc1ccc(Cl)cc1. The van der Waals surface area contributed by atoms with Crippen LogP contribution in [0.5, 0.6) is 0 Å². The van der Waals surface area contributed by atoms with Crippen LogP contribution in [0.3, 0.4) is 0 Å². The molecule has 0 saturated heterocycles. The smallest absolute Gasteiger partial charge is 0.321 e. The fourth-order valence-electron chi connectivity index (χ4n) is 1.13. The van der Waals surface area contributed by atoms with Crippen LogP contribution >= 0.6 is 23.8 Å². The van der Waals surface area contributed by atoms with Crippen LogP contribution in [-0.2, 0) is 0 Å². The molecular formula is C11H14ClN3OS. The number of carbonyl (C=O) groups excluding carboxylic acids is 1. The third-order valence-corrected chi connectivity index (χ3v) is 2.59. The Labute approximate surface area is 111 Å². The third-order valence-electron chi connectivity index (χ3n) is 2.14. The van der Waals surface area contributed by atoms with Gasteiger partial charge < -0.3 is 16.0 Å². The zero-order valence-electron chi connectivity index (χ0n) is 9.44. The summed E-state index contributed by atoms with van der Waals surface area (Å²) in [6.07, 6.45) is 0.514. The number of urea groups is 1. The molecule has 0 radical (unpaired) electrons. The Morgan fingerprint density at radius 1 is 1.47 bits per heavy atom. The monoisotopic (exact) mass is 271 g/mol. The highest BCUT2D eigenvalue weighted by Gasteiger charge is 2.08. The fraction of sp³-hybridized carbons (Fsp3) is 0.273. The Hall–Kier alpha value is -1.33. The van der Waals surface area contributed by atoms with Crippen molar-refractivity contribution in [1.82, 2.24) is 4.90 Å². The highest BCUT2D eigenvalue weighted by atomic mass is 35.5. The first-order chi connectivity index (χ1) is 7.99. The molecule has 1 aromatic rings. The zero-order chi connectivity index (χ0) is 12.8. The predicted molar refractivity (Wildman–Crippen MR) is 74.5 cm³/mol. The first kappa shape index (κ1) is 13.7. The molecule has 0 aliphatic rings. The number of carbonyl (C=O) groups is 1. The number of nitrogens with one attached hydrogen (secondary N) is 1. The standard InChI is InChI=1S/C11H14ClN3OS/c1-15(7-6-10(13)17)11(16)14-9-4-2-8(12)3-5-9/h2-5H,6-7H2,1H3,(H2,13,17)(H,14,16). The highest BCUT2D eigenvalue weighted by Crippen LogP contribution is 2.13. The average molecular weight is 272 g/mol. The van der Waals surface area contributed by atoms with Crippen LogP contribution < -0.4 is 11.1 Å². The summed E-state index contributed by atoms with van der Waals surface area (Å²) in [6, 6.07) is 6.70. The molecule has 0 bridgehead atoms. The number of anilines is 1. The second-order valence-electron chi connectivity index (χ2n) is 3.57. The van der Waals surface area contributed by atoms with Crippen molar-refractivity contribution in [3.63, 3.8) is 0 Å². The minimum absolute atomic E-state index is 0.205. The second-order valence-corrected chi connectivity index (χ2v) is 4.54. The molecule has 92 valence electrons. The largest absolute Gasteiger partial charge is 0.393 e. The molecule has 0 aliphatic heterocycles. The van der Waals surface area contributed by atoms with Gasteiger partial charge >= 0.3 is 6.03 Å². The first-order valence-electron chi connectivity index (χ1n) is 5.05. The lowest BCUT2D eigenvalue weighted by Crippen LogP contribution is -2.33. The van der Waals surface area contributed by atoms with E-state index in [0.29, 0.717) is 28.7 Å². The van der Waals surface area contributed by atoms with Gasteiger partial charge in [0.25, 0.3) is 0 Å². The molecule has 0 unspecified atom stereocenters. The van der Waals surface area contributed by atoms with Gasteiger partial charge in [-0.05, 0) is 24.3 Å². The van der Waals surface area contributed by atoms with Gasteiger partial charge in [0.2, 0.25) is 0 Å². The molecular weight excluding hydrogens is 258 g/mol.